The summed E-state index contributed by atoms with van der Waals surface area (Å²) in [4.78, 5) is 18.9. The maximum absolute atomic E-state index is 11.9. The summed E-state index contributed by atoms with van der Waals surface area (Å²) in [5.74, 6) is 0.607. The van der Waals surface area contributed by atoms with Crippen molar-refractivity contribution in [3.05, 3.63) is 52.0 Å². The lowest BCUT2D eigenvalue weighted by Gasteiger charge is -2.17. The molecular weight excluding hydrogens is 294 g/mol. The first kappa shape index (κ1) is 15.2. The Bertz CT molecular complexity index is 627. The number of hydrogen-bond acceptors (Lipinski definition) is 4. The molecule has 0 spiro atoms. The molecule has 3 rings (SSSR count). The number of thiazole rings is 1. The van der Waals surface area contributed by atoms with Gasteiger partial charge in [-0.05, 0) is 36.9 Å². The fraction of sp³-hybridized carbons (Fsp3) is 0.412. The van der Waals surface area contributed by atoms with Crippen molar-refractivity contribution in [1.82, 2.24) is 15.2 Å². The number of benzene rings is 1. The van der Waals surface area contributed by atoms with Gasteiger partial charge in [-0.2, -0.15) is 0 Å². The summed E-state index contributed by atoms with van der Waals surface area (Å²) in [6.07, 6.45) is 2.82. The molecule has 0 aliphatic carbocycles. The number of aryl methyl sites for hydroxylation is 1. The third kappa shape index (κ3) is 3.54. The molecule has 5 heteroatoms. The van der Waals surface area contributed by atoms with E-state index in [0.29, 0.717) is 17.3 Å². The number of nitrogens with one attached hydrogen (secondary N) is 1. The van der Waals surface area contributed by atoms with Gasteiger partial charge in [-0.25, -0.2) is 0 Å². The van der Waals surface area contributed by atoms with Gasteiger partial charge in [-0.1, -0.05) is 24.3 Å². The van der Waals surface area contributed by atoms with Crippen LogP contribution in [0.25, 0.3) is 0 Å². The molecule has 0 bridgehead atoms. The average Bonchev–Trinajstić information content (AvgIpc) is 3.19. The second-order valence-corrected chi connectivity index (χ2v) is 6.65. The molecule has 2 aromatic rings. The molecule has 116 valence electrons. The van der Waals surface area contributed by atoms with Crippen molar-refractivity contribution in [3.63, 3.8) is 0 Å². The van der Waals surface area contributed by atoms with Gasteiger partial charge >= 0.3 is 0 Å². The molecule has 1 unspecified atom stereocenters. The van der Waals surface area contributed by atoms with E-state index in [-0.39, 0.29) is 5.91 Å². The van der Waals surface area contributed by atoms with Crippen LogP contribution in [0.15, 0.2) is 36.0 Å². The van der Waals surface area contributed by atoms with Crippen LogP contribution in [0.2, 0.25) is 0 Å². The number of carbonyl (C=O) groups excluding carboxylic acids is 1. The molecule has 1 saturated heterocycles. The molecule has 1 aliphatic heterocycles. The molecule has 0 saturated carbocycles. The first-order valence-corrected chi connectivity index (χ1v) is 8.56. The van der Waals surface area contributed by atoms with Gasteiger partial charge in [0.2, 0.25) is 0 Å². The van der Waals surface area contributed by atoms with E-state index in [2.05, 4.69) is 46.4 Å². The van der Waals surface area contributed by atoms with Crippen LogP contribution in [0.1, 0.15) is 33.1 Å². The van der Waals surface area contributed by atoms with Gasteiger partial charge in [0.05, 0.1) is 11.7 Å². The van der Waals surface area contributed by atoms with E-state index in [1.165, 1.54) is 28.9 Å². The maximum Gasteiger partial charge on any atom is 0.263 e. The third-order valence-corrected chi connectivity index (χ3v) is 5.04. The topological polar surface area (TPSA) is 45.2 Å². The second kappa shape index (κ2) is 7.03. The maximum atomic E-state index is 11.9. The highest BCUT2D eigenvalue weighted by Gasteiger charge is 2.24. The Balaban J connectivity index is 1.46. The molecule has 1 aromatic heterocycles. The van der Waals surface area contributed by atoms with Gasteiger partial charge in [0.1, 0.15) is 4.88 Å². The average molecular weight is 315 g/mol. The molecule has 1 fully saturated rings. The summed E-state index contributed by atoms with van der Waals surface area (Å²) in [7, 11) is 0. The highest BCUT2D eigenvalue weighted by atomic mass is 32.1. The minimum Gasteiger partial charge on any atom is -0.350 e. The van der Waals surface area contributed by atoms with Gasteiger partial charge in [0.15, 0.2) is 0 Å². The van der Waals surface area contributed by atoms with Crippen molar-refractivity contribution in [2.24, 2.45) is 0 Å². The standard InChI is InChI=1S/C17H21N3OS/c1-13-4-2-3-5-15(13)14-6-8-20(11-14)9-7-19-17(21)16-10-18-12-22-16/h2-5,10,12,14H,6-9,11H2,1H3,(H,19,21). The van der Waals surface area contributed by atoms with E-state index < -0.39 is 0 Å². The van der Waals surface area contributed by atoms with Crippen LogP contribution in [0.4, 0.5) is 0 Å². The zero-order chi connectivity index (χ0) is 15.4. The molecular formula is C17H21N3OS. The lowest BCUT2D eigenvalue weighted by atomic mass is 9.94. The number of hydrogen-bond donors (Lipinski definition) is 1. The molecule has 0 radical (unpaired) electrons. The number of rotatable bonds is 5. The van der Waals surface area contributed by atoms with Crippen LogP contribution < -0.4 is 5.32 Å². The van der Waals surface area contributed by atoms with Gasteiger partial charge in [0.25, 0.3) is 5.91 Å². The fourth-order valence-corrected chi connectivity index (χ4v) is 3.61. The van der Waals surface area contributed by atoms with Crippen molar-refractivity contribution in [2.45, 2.75) is 19.3 Å². The van der Waals surface area contributed by atoms with Crippen LogP contribution in [-0.4, -0.2) is 42.0 Å². The SMILES string of the molecule is Cc1ccccc1C1CCN(CCNC(=O)c2cncs2)C1. The van der Waals surface area contributed by atoms with Crippen LogP contribution >= 0.6 is 11.3 Å². The summed E-state index contributed by atoms with van der Waals surface area (Å²) in [6, 6.07) is 8.66. The Morgan fingerprint density at radius 2 is 2.32 bits per heavy atom. The van der Waals surface area contributed by atoms with Crippen molar-refractivity contribution in [1.29, 1.82) is 0 Å². The normalized spacial score (nSPS) is 18.5. The van der Waals surface area contributed by atoms with Crippen molar-refractivity contribution >= 4 is 17.2 Å². The van der Waals surface area contributed by atoms with Crippen molar-refractivity contribution in [3.8, 4) is 0 Å². The summed E-state index contributed by atoms with van der Waals surface area (Å²) in [5, 5.41) is 2.97. The van der Waals surface area contributed by atoms with E-state index >= 15 is 0 Å². The monoisotopic (exact) mass is 315 g/mol. The first-order chi connectivity index (χ1) is 10.7. The highest BCUT2D eigenvalue weighted by molar-refractivity contribution is 7.11. The summed E-state index contributed by atoms with van der Waals surface area (Å²) in [5.41, 5.74) is 4.54. The largest absolute Gasteiger partial charge is 0.350 e. The first-order valence-electron chi connectivity index (χ1n) is 7.68. The molecule has 1 N–H and O–H groups in total. The smallest absolute Gasteiger partial charge is 0.263 e. The molecule has 1 aromatic carbocycles. The predicted molar refractivity (Wildman–Crippen MR) is 89.4 cm³/mol. The third-order valence-electron chi connectivity index (χ3n) is 4.27. The predicted octanol–water partition coefficient (Wildman–Crippen LogP) is 2.67. The zero-order valence-electron chi connectivity index (χ0n) is 12.8. The molecule has 1 aliphatic rings. The molecule has 1 atom stereocenters. The van der Waals surface area contributed by atoms with Gasteiger partial charge in [-0.15, -0.1) is 11.3 Å². The number of nitrogens with zero attached hydrogens (tertiary/aromatic N) is 2. The quantitative estimate of drug-likeness (QED) is 0.922. The van der Waals surface area contributed by atoms with E-state index in [1.54, 1.807) is 11.7 Å². The van der Waals surface area contributed by atoms with E-state index in [1.807, 2.05) is 0 Å². The van der Waals surface area contributed by atoms with E-state index in [4.69, 9.17) is 0 Å². The number of likely N-dealkylation sites (tertiary alicyclic amines) is 1. The number of aromatic nitrogens is 1. The zero-order valence-corrected chi connectivity index (χ0v) is 13.6. The van der Waals surface area contributed by atoms with Crippen LogP contribution in [-0.2, 0) is 0 Å². The fourth-order valence-electron chi connectivity index (χ4n) is 3.08. The summed E-state index contributed by atoms with van der Waals surface area (Å²) >= 11 is 1.38. The Morgan fingerprint density at radius 3 is 3.09 bits per heavy atom. The minimum atomic E-state index is -0.0165. The molecule has 4 nitrogen and oxygen atoms in total. The lowest BCUT2D eigenvalue weighted by molar-refractivity contribution is 0.0953. The van der Waals surface area contributed by atoms with Crippen molar-refractivity contribution in [2.75, 3.05) is 26.2 Å². The van der Waals surface area contributed by atoms with Gasteiger partial charge in [0, 0.05) is 19.6 Å². The van der Waals surface area contributed by atoms with Crippen LogP contribution in [0, 0.1) is 6.92 Å². The van der Waals surface area contributed by atoms with E-state index in [0.717, 1.165) is 19.6 Å². The second-order valence-electron chi connectivity index (χ2n) is 5.76. The number of carbonyl (C=O) groups is 1. The summed E-state index contributed by atoms with van der Waals surface area (Å²) in [6.45, 7) is 5.98. The Morgan fingerprint density at radius 1 is 1.45 bits per heavy atom. The van der Waals surface area contributed by atoms with Crippen molar-refractivity contribution < 1.29 is 4.79 Å². The minimum absolute atomic E-state index is 0.0165. The van der Waals surface area contributed by atoms with E-state index in [9.17, 15) is 4.79 Å². The Kier molecular flexibility index (Phi) is 4.85. The molecule has 22 heavy (non-hydrogen) atoms. The Labute approximate surface area is 135 Å². The van der Waals surface area contributed by atoms with Crippen LogP contribution in [0.3, 0.4) is 0 Å². The Hall–Kier alpha value is -1.72. The van der Waals surface area contributed by atoms with Gasteiger partial charge < -0.3 is 10.2 Å². The highest BCUT2D eigenvalue weighted by Crippen LogP contribution is 2.28. The molecule has 1 amide bonds. The summed E-state index contributed by atoms with van der Waals surface area (Å²) < 4.78 is 0. The van der Waals surface area contributed by atoms with Gasteiger partial charge in [-0.3, -0.25) is 9.78 Å². The number of amides is 1. The lowest BCUT2D eigenvalue weighted by Crippen LogP contribution is -2.33. The van der Waals surface area contributed by atoms with Crippen LogP contribution in [0.5, 0.6) is 0 Å². The molecule has 2 heterocycles.